The zero-order valence-electron chi connectivity index (χ0n) is 12.2. The highest BCUT2D eigenvalue weighted by molar-refractivity contribution is 5.98. The molecule has 1 aliphatic rings. The summed E-state index contributed by atoms with van der Waals surface area (Å²) in [6.07, 6.45) is 3.22. The molecule has 0 N–H and O–H groups in total. The van der Waals surface area contributed by atoms with Gasteiger partial charge in [0, 0.05) is 11.5 Å². The minimum atomic E-state index is -0.569. The molecule has 1 fully saturated rings. The second kappa shape index (κ2) is 5.36. The van der Waals surface area contributed by atoms with Gasteiger partial charge < -0.3 is 0 Å². The van der Waals surface area contributed by atoms with Gasteiger partial charge in [-0.25, -0.2) is 4.39 Å². The zero-order chi connectivity index (χ0) is 14.9. The highest BCUT2D eigenvalue weighted by atomic mass is 19.1. The van der Waals surface area contributed by atoms with Gasteiger partial charge in [0.2, 0.25) is 0 Å². The Morgan fingerprint density at radius 3 is 2.75 bits per heavy atom. The third kappa shape index (κ3) is 2.60. The number of rotatable bonds is 2. The molecule has 1 saturated carbocycles. The first kappa shape index (κ1) is 14.7. The van der Waals surface area contributed by atoms with Crippen LogP contribution in [0.15, 0.2) is 18.2 Å². The van der Waals surface area contributed by atoms with Crippen LogP contribution < -0.4 is 0 Å². The van der Waals surface area contributed by atoms with Gasteiger partial charge in [0.05, 0.1) is 5.56 Å². The molecule has 0 unspecified atom stereocenters. The van der Waals surface area contributed by atoms with Crippen LogP contribution in [0.5, 0.6) is 0 Å². The standard InChI is InChI=1S/C17H20FNO/c1-11-5-4-8-17(2,3)15(11)16(20)12-6-7-14(18)13(9-12)10-19/h6-7,9,11,15H,4-5,8H2,1-3H3/t11-,15-/m0/s1. The first-order valence-electron chi connectivity index (χ1n) is 7.10. The first-order valence-corrected chi connectivity index (χ1v) is 7.10. The molecule has 1 aliphatic carbocycles. The average Bonchev–Trinajstić information content (AvgIpc) is 2.37. The quantitative estimate of drug-likeness (QED) is 0.752. The summed E-state index contributed by atoms with van der Waals surface area (Å²) in [5, 5.41) is 8.89. The molecule has 2 atom stereocenters. The van der Waals surface area contributed by atoms with Crippen LogP contribution in [0.1, 0.15) is 56.0 Å². The van der Waals surface area contributed by atoms with Crippen molar-refractivity contribution in [1.29, 1.82) is 5.26 Å². The van der Waals surface area contributed by atoms with Crippen LogP contribution in [0, 0.1) is 34.4 Å². The lowest BCUT2D eigenvalue weighted by molar-refractivity contribution is 0.0539. The summed E-state index contributed by atoms with van der Waals surface area (Å²) in [5.41, 5.74) is 0.350. The number of carbonyl (C=O) groups excluding carboxylic acids is 1. The summed E-state index contributed by atoms with van der Waals surface area (Å²) in [4.78, 5) is 12.8. The molecule has 3 heteroatoms. The molecule has 0 amide bonds. The van der Waals surface area contributed by atoms with Crippen LogP contribution >= 0.6 is 0 Å². The SMILES string of the molecule is C[C@H]1CCCC(C)(C)[C@@H]1C(=O)c1ccc(F)c(C#N)c1. The van der Waals surface area contributed by atoms with Gasteiger partial charge >= 0.3 is 0 Å². The van der Waals surface area contributed by atoms with Crippen LogP contribution in [0.4, 0.5) is 4.39 Å². The molecule has 0 saturated heterocycles. The van der Waals surface area contributed by atoms with Crippen molar-refractivity contribution in [3.05, 3.63) is 35.1 Å². The second-order valence-electron chi connectivity index (χ2n) is 6.51. The Hall–Kier alpha value is -1.69. The molecule has 0 bridgehead atoms. The average molecular weight is 273 g/mol. The van der Waals surface area contributed by atoms with Crippen molar-refractivity contribution in [2.75, 3.05) is 0 Å². The molecule has 1 aromatic rings. The number of nitriles is 1. The van der Waals surface area contributed by atoms with E-state index in [1.54, 1.807) is 6.07 Å². The minimum absolute atomic E-state index is 0.0405. The monoisotopic (exact) mass is 273 g/mol. The van der Waals surface area contributed by atoms with E-state index in [4.69, 9.17) is 5.26 Å². The molecule has 0 aliphatic heterocycles. The van der Waals surface area contributed by atoms with Crippen molar-refractivity contribution < 1.29 is 9.18 Å². The summed E-state index contributed by atoms with van der Waals surface area (Å²) >= 11 is 0. The number of nitrogens with zero attached hydrogens (tertiary/aromatic N) is 1. The maximum Gasteiger partial charge on any atom is 0.166 e. The van der Waals surface area contributed by atoms with E-state index in [2.05, 4.69) is 20.8 Å². The highest BCUT2D eigenvalue weighted by Gasteiger charge is 2.41. The molecular weight excluding hydrogens is 253 g/mol. The number of ketones is 1. The van der Waals surface area contributed by atoms with Crippen molar-refractivity contribution in [1.82, 2.24) is 0 Å². The third-order valence-electron chi connectivity index (χ3n) is 4.55. The summed E-state index contributed by atoms with van der Waals surface area (Å²) in [5.74, 6) is -0.270. The molecule has 0 heterocycles. The Balaban J connectivity index is 2.37. The molecule has 2 nitrogen and oxygen atoms in total. The fourth-order valence-corrected chi connectivity index (χ4v) is 3.53. The highest BCUT2D eigenvalue weighted by Crippen LogP contribution is 2.45. The Morgan fingerprint density at radius 2 is 2.15 bits per heavy atom. The van der Waals surface area contributed by atoms with Crippen molar-refractivity contribution in [2.45, 2.75) is 40.0 Å². The van der Waals surface area contributed by atoms with Gasteiger partial charge in [0.25, 0.3) is 0 Å². The predicted octanol–water partition coefficient (Wildman–Crippen LogP) is 4.34. The van der Waals surface area contributed by atoms with Crippen LogP contribution in [0.25, 0.3) is 0 Å². The van der Waals surface area contributed by atoms with Crippen LogP contribution in [-0.2, 0) is 0 Å². The van der Waals surface area contributed by atoms with E-state index >= 15 is 0 Å². The Bertz CT molecular complexity index is 571. The summed E-state index contributed by atoms with van der Waals surface area (Å²) in [7, 11) is 0. The summed E-state index contributed by atoms with van der Waals surface area (Å²) in [6, 6.07) is 5.89. The van der Waals surface area contributed by atoms with Crippen LogP contribution in [0.3, 0.4) is 0 Å². The molecule has 1 aromatic carbocycles. The largest absolute Gasteiger partial charge is 0.294 e. The molecule has 0 aromatic heterocycles. The van der Waals surface area contributed by atoms with Crippen molar-refractivity contribution >= 4 is 5.78 Å². The van der Waals surface area contributed by atoms with E-state index in [1.165, 1.54) is 18.2 Å². The van der Waals surface area contributed by atoms with Crippen molar-refractivity contribution in [2.24, 2.45) is 17.3 Å². The molecular formula is C17H20FNO. The van der Waals surface area contributed by atoms with Gasteiger partial charge in [-0.1, -0.05) is 27.2 Å². The lowest BCUT2D eigenvalue weighted by Crippen LogP contribution is -2.39. The molecule has 106 valence electrons. The van der Waals surface area contributed by atoms with Gasteiger partial charge in [-0.2, -0.15) is 5.26 Å². The first-order chi connectivity index (χ1) is 9.36. The Kier molecular flexibility index (Phi) is 3.94. The molecule has 20 heavy (non-hydrogen) atoms. The number of benzene rings is 1. The van der Waals surface area contributed by atoms with Gasteiger partial charge in [0.15, 0.2) is 5.78 Å². The molecule has 2 rings (SSSR count). The van der Waals surface area contributed by atoms with Crippen molar-refractivity contribution in [3.63, 3.8) is 0 Å². The lowest BCUT2D eigenvalue weighted by Gasteiger charge is -2.42. The number of Topliss-reactive ketones (excluding diaryl/α,β-unsaturated/α-hetero) is 1. The maximum atomic E-state index is 13.4. The van der Waals surface area contributed by atoms with E-state index in [1.807, 2.05) is 0 Å². The topological polar surface area (TPSA) is 40.9 Å². The van der Waals surface area contributed by atoms with E-state index in [0.29, 0.717) is 11.5 Å². The summed E-state index contributed by atoms with van der Waals surface area (Å²) in [6.45, 7) is 6.36. The number of halogens is 1. The maximum absolute atomic E-state index is 13.4. The fraction of sp³-hybridized carbons (Fsp3) is 0.529. The predicted molar refractivity (Wildman–Crippen MR) is 75.7 cm³/mol. The van der Waals surface area contributed by atoms with E-state index < -0.39 is 5.82 Å². The molecule has 0 radical (unpaired) electrons. The number of carbonyl (C=O) groups is 1. The Morgan fingerprint density at radius 1 is 1.45 bits per heavy atom. The fourth-order valence-electron chi connectivity index (χ4n) is 3.53. The third-order valence-corrected chi connectivity index (χ3v) is 4.55. The zero-order valence-corrected chi connectivity index (χ0v) is 12.2. The molecule has 0 spiro atoms. The summed E-state index contributed by atoms with van der Waals surface area (Å²) < 4.78 is 13.4. The number of hydrogen-bond acceptors (Lipinski definition) is 2. The number of hydrogen-bond donors (Lipinski definition) is 0. The van der Waals surface area contributed by atoms with Crippen LogP contribution in [0.2, 0.25) is 0 Å². The lowest BCUT2D eigenvalue weighted by atomic mass is 9.62. The Labute approximate surface area is 119 Å². The van der Waals surface area contributed by atoms with Gasteiger partial charge in [0.1, 0.15) is 11.9 Å². The van der Waals surface area contributed by atoms with Gasteiger partial charge in [-0.15, -0.1) is 0 Å². The normalized spacial score (nSPS) is 24.9. The van der Waals surface area contributed by atoms with Gasteiger partial charge in [-0.3, -0.25) is 4.79 Å². The minimum Gasteiger partial charge on any atom is -0.294 e. The van der Waals surface area contributed by atoms with E-state index in [9.17, 15) is 9.18 Å². The van der Waals surface area contributed by atoms with Crippen molar-refractivity contribution in [3.8, 4) is 6.07 Å². The second-order valence-corrected chi connectivity index (χ2v) is 6.51. The van der Waals surface area contributed by atoms with Gasteiger partial charge in [-0.05, 0) is 42.4 Å². The van der Waals surface area contributed by atoms with Crippen LogP contribution in [-0.4, -0.2) is 5.78 Å². The van der Waals surface area contributed by atoms with E-state index in [0.717, 1.165) is 19.3 Å². The smallest absolute Gasteiger partial charge is 0.166 e. The van der Waals surface area contributed by atoms with E-state index in [-0.39, 0.29) is 22.7 Å².